The Balaban J connectivity index is 2.41. The predicted molar refractivity (Wildman–Crippen MR) is 67.0 cm³/mol. The molecule has 17 heavy (non-hydrogen) atoms. The Morgan fingerprint density at radius 1 is 1.53 bits per heavy atom. The Kier molecular flexibility index (Phi) is 6.84. The Bertz CT molecular complexity index is 302. The SMILES string of the molecule is CCOCC(C)n1cncc1CNCCOC. The van der Waals surface area contributed by atoms with E-state index in [0.717, 1.165) is 32.9 Å². The van der Waals surface area contributed by atoms with Gasteiger partial charge in [0, 0.05) is 33.0 Å². The van der Waals surface area contributed by atoms with Gasteiger partial charge in [-0.3, -0.25) is 0 Å². The third kappa shape index (κ3) is 4.85. The molecule has 0 saturated heterocycles. The topological polar surface area (TPSA) is 48.3 Å². The summed E-state index contributed by atoms with van der Waals surface area (Å²) in [6.07, 6.45) is 3.75. The second kappa shape index (κ2) is 8.22. The van der Waals surface area contributed by atoms with Crippen LogP contribution < -0.4 is 5.32 Å². The molecule has 1 unspecified atom stereocenters. The van der Waals surface area contributed by atoms with Gasteiger partial charge >= 0.3 is 0 Å². The van der Waals surface area contributed by atoms with Crippen molar-refractivity contribution in [3.05, 3.63) is 18.2 Å². The highest BCUT2D eigenvalue weighted by Gasteiger charge is 2.08. The van der Waals surface area contributed by atoms with Crippen LogP contribution >= 0.6 is 0 Å². The molecule has 0 aliphatic heterocycles. The van der Waals surface area contributed by atoms with E-state index < -0.39 is 0 Å². The van der Waals surface area contributed by atoms with Crippen LogP contribution in [0.2, 0.25) is 0 Å². The van der Waals surface area contributed by atoms with Crippen LogP contribution in [0.5, 0.6) is 0 Å². The lowest BCUT2D eigenvalue weighted by Crippen LogP contribution is -2.22. The second-order valence-electron chi connectivity index (χ2n) is 3.97. The minimum Gasteiger partial charge on any atom is -0.383 e. The monoisotopic (exact) mass is 241 g/mol. The first-order valence-electron chi connectivity index (χ1n) is 6.07. The predicted octanol–water partition coefficient (Wildman–Crippen LogP) is 1.22. The van der Waals surface area contributed by atoms with E-state index in [1.54, 1.807) is 7.11 Å². The van der Waals surface area contributed by atoms with Crippen molar-refractivity contribution in [2.45, 2.75) is 26.4 Å². The van der Waals surface area contributed by atoms with E-state index in [-0.39, 0.29) is 0 Å². The highest BCUT2D eigenvalue weighted by Crippen LogP contribution is 2.10. The van der Waals surface area contributed by atoms with E-state index in [0.29, 0.717) is 6.04 Å². The molecular formula is C12H23N3O2. The molecule has 0 aromatic carbocycles. The molecule has 0 aliphatic rings. The van der Waals surface area contributed by atoms with Crippen LogP contribution in [0, 0.1) is 0 Å². The van der Waals surface area contributed by atoms with Crippen molar-refractivity contribution in [1.29, 1.82) is 0 Å². The molecule has 0 bridgehead atoms. The lowest BCUT2D eigenvalue weighted by Gasteiger charge is -2.16. The van der Waals surface area contributed by atoms with E-state index >= 15 is 0 Å². The summed E-state index contributed by atoms with van der Waals surface area (Å²) in [5.74, 6) is 0. The smallest absolute Gasteiger partial charge is 0.0951 e. The largest absolute Gasteiger partial charge is 0.383 e. The lowest BCUT2D eigenvalue weighted by molar-refractivity contribution is 0.118. The Labute approximate surface area is 103 Å². The van der Waals surface area contributed by atoms with E-state index in [4.69, 9.17) is 9.47 Å². The van der Waals surface area contributed by atoms with Gasteiger partial charge in [0.1, 0.15) is 0 Å². The van der Waals surface area contributed by atoms with Crippen molar-refractivity contribution in [3.8, 4) is 0 Å². The maximum Gasteiger partial charge on any atom is 0.0951 e. The van der Waals surface area contributed by atoms with Gasteiger partial charge in [-0.15, -0.1) is 0 Å². The molecule has 1 heterocycles. The third-order valence-electron chi connectivity index (χ3n) is 2.57. The summed E-state index contributed by atoms with van der Waals surface area (Å²) in [5, 5.41) is 3.31. The van der Waals surface area contributed by atoms with Crippen LogP contribution in [0.15, 0.2) is 12.5 Å². The minimum absolute atomic E-state index is 0.316. The minimum atomic E-state index is 0.316. The average Bonchev–Trinajstić information content (AvgIpc) is 2.80. The van der Waals surface area contributed by atoms with Crippen molar-refractivity contribution in [1.82, 2.24) is 14.9 Å². The quantitative estimate of drug-likeness (QED) is 0.660. The molecule has 0 saturated carbocycles. The molecule has 1 atom stereocenters. The van der Waals surface area contributed by atoms with Gasteiger partial charge in [-0.25, -0.2) is 4.98 Å². The molecular weight excluding hydrogens is 218 g/mol. The maximum absolute atomic E-state index is 5.43. The summed E-state index contributed by atoms with van der Waals surface area (Å²) in [4.78, 5) is 4.19. The molecule has 0 amide bonds. The number of ether oxygens (including phenoxy) is 2. The van der Waals surface area contributed by atoms with E-state index in [2.05, 4.69) is 21.8 Å². The highest BCUT2D eigenvalue weighted by atomic mass is 16.5. The summed E-state index contributed by atoms with van der Waals surface area (Å²) in [5.41, 5.74) is 1.17. The van der Waals surface area contributed by atoms with Gasteiger partial charge in [-0.05, 0) is 13.8 Å². The zero-order chi connectivity index (χ0) is 12.5. The van der Waals surface area contributed by atoms with Crippen LogP contribution in [0.3, 0.4) is 0 Å². The number of hydrogen-bond donors (Lipinski definition) is 1. The fraction of sp³-hybridized carbons (Fsp3) is 0.750. The number of hydrogen-bond acceptors (Lipinski definition) is 4. The van der Waals surface area contributed by atoms with Crippen LogP contribution in [-0.4, -0.2) is 43.0 Å². The Morgan fingerprint density at radius 2 is 2.35 bits per heavy atom. The third-order valence-corrected chi connectivity index (χ3v) is 2.57. The first-order chi connectivity index (χ1) is 8.29. The molecule has 5 heteroatoms. The summed E-state index contributed by atoms with van der Waals surface area (Å²) in [7, 11) is 1.70. The van der Waals surface area contributed by atoms with Gasteiger partial charge in [0.05, 0.1) is 31.3 Å². The number of methoxy groups -OCH3 is 1. The van der Waals surface area contributed by atoms with Crippen LogP contribution in [-0.2, 0) is 16.0 Å². The molecule has 5 nitrogen and oxygen atoms in total. The molecule has 0 aliphatic carbocycles. The number of aromatic nitrogens is 2. The van der Waals surface area contributed by atoms with Crippen LogP contribution in [0.1, 0.15) is 25.6 Å². The van der Waals surface area contributed by atoms with Gasteiger partial charge in [0.25, 0.3) is 0 Å². The van der Waals surface area contributed by atoms with Crippen molar-refractivity contribution < 1.29 is 9.47 Å². The van der Waals surface area contributed by atoms with Crippen LogP contribution in [0.4, 0.5) is 0 Å². The summed E-state index contributed by atoms with van der Waals surface area (Å²) in [6.45, 7) is 7.99. The van der Waals surface area contributed by atoms with Gasteiger partial charge in [0.2, 0.25) is 0 Å². The van der Waals surface area contributed by atoms with Crippen molar-refractivity contribution in [2.24, 2.45) is 0 Å². The highest BCUT2D eigenvalue weighted by molar-refractivity contribution is 4.99. The molecule has 1 aromatic heterocycles. The van der Waals surface area contributed by atoms with E-state index in [1.165, 1.54) is 5.69 Å². The first kappa shape index (κ1) is 14.2. The van der Waals surface area contributed by atoms with Gasteiger partial charge in [-0.2, -0.15) is 0 Å². The zero-order valence-electron chi connectivity index (χ0n) is 11.0. The van der Waals surface area contributed by atoms with Crippen molar-refractivity contribution >= 4 is 0 Å². The summed E-state index contributed by atoms with van der Waals surface area (Å²) < 4.78 is 12.6. The van der Waals surface area contributed by atoms with E-state index in [9.17, 15) is 0 Å². The Hall–Kier alpha value is -0.910. The summed E-state index contributed by atoms with van der Waals surface area (Å²) >= 11 is 0. The average molecular weight is 241 g/mol. The van der Waals surface area contributed by atoms with Gasteiger partial charge in [-0.1, -0.05) is 0 Å². The first-order valence-corrected chi connectivity index (χ1v) is 6.07. The molecule has 1 N–H and O–H groups in total. The number of nitrogens with one attached hydrogen (secondary N) is 1. The van der Waals surface area contributed by atoms with Gasteiger partial charge in [0.15, 0.2) is 0 Å². The van der Waals surface area contributed by atoms with Crippen molar-refractivity contribution in [2.75, 3.05) is 33.5 Å². The molecule has 1 rings (SSSR count). The van der Waals surface area contributed by atoms with Gasteiger partial charge < -0.3 is 19.4 Å². The number of nitrogens with zero attached hydrogens (tertiary/aromatic N) is 2. The van der Waals surface area contributed by atoms with Crippen molar-refractivity contribution in [3.63, 3.8) is 0 Å². The molecule has 1 aromatic rings. The summed E-state index contributed by atoms with van der Waals surface area (Å²) in [6, 6.07) is 0.316. The molecule has 98 valence electrons. The lowest BCUT2D eigenvalue weighted by atomic mass is 10.3. The molecule has 0 fully saturated rings. The molecule has 0 spiro atoms. The standard InChI is InChI=1S/C12H23N3O2/c1-4-17-9-11(2)15-10-14-8-12(15)7-13-5-6-16-3/h8,10-11,13H,4-7,9H2,1-3H3. The Morgan fingerprint density at radius 3 is 3.06 bits per heavy atom. The zero-order valence-corrected chi connectivity index (χ0v) is 11.0. The maximum atomic E-state index is 5.43. The fourth-order valence-electron chi connectivity index (χ4n) is 1.63. The number of imidazole rings is 1. The second-order valence-corrected chi connectivity index (χ2v) is 3.97. The van der Waals surface area contributed by atoms with Crippen LogP contribution in [0.25, 0.3) is 0 Å². The van der Waals surface area contributed by atoms with E-state index in [1.807, 2.05) is 19.4 Å². The molecule has 0 radical (unpaired) electrons. The normalized spacial score (nSPS) is 12.9. The fourth-order valence-corrected chi connectivity index (χ4v) is 1.63. The number of rotatable bonds is 9.